The number of unbranched alkanes of at least 4 members (excludes halogenated alkanes) is 44. The summed E-state index contributed by atoms with van der Waals surface area (Å²) < 4.78 is 68.7. The first kappa shape index (κ1) is 97.1. The molecule has 588 valence electrons. The summed E-state index contributed by atoms with van der Waals surface area (Å²) in [7, 11) is -9.92. The summed E-state index contributed by atoms with van der Waals surface area (Å²) in [5, 5.41) is 10.6. The van der Waals surface area contributed by atoms with Gasteiger partial charge in [0.2, 0.25) is 0 Å². The molecule has 0 bridgehead atoms. The Morgan fingerprint density at radius 1 is 0.293 bits per heavy atom. The molecule has 0 aromatic rings. The summed E-state index contributed by atoms with van der Waals surface area (Å²) in [5.41, 5.74) is 0. The van der Waals surface area contributed by atoms with E-state index in [1.165, 1.54) is 218 Å². The highest BCUT2D eigenvalue weighted by Gasteiger charge is 2.30. The first-order valence-corrected chi connectivity index (χ1v) is 44.4. The van der Waals surface area contributed by atoms with Crippen molar-refractivity contribution in [1.29, 1.82) is 0 Å². The maximum Gasteiger partial charge on any atom is 0.472 e. The lowest BCUT2D eigenvalue weighted by atomic mass is 9.99. The number of phosphoric acid groups is 2. The molecule has 19 heteroatoms. The van der Waals surface area contributed by atoms with E-state index in [4.69, 9.17) is 37.0 Å². The average Bonchev–Trinajstić information content (AvgIpc) is 1.04. The van der Waals surface area contributed by atoms with Gasteiger partial charge in [-0.05, 0) is 43.4 Å². The fourth-order valence-corrected chi connectivity index (χ4v) is 13.8. The van der Waals surface area contributed by atoms with Gasteiger partial charge in [0, 0.05) is 25.7 Å². The molecule has 99 heavy (non-hydrogen) atoms. The van der Waals surface area contributed by atoms with Crippen LogP contribution in [0.15, 0.2) is 0 Å². The number of phosphoric ester groups is 2. The Balaban J connectivity index is 5.25. The number of aliphatic hydroxyl groups excluding tert-OH is 1. The average molecular weight is 1450 g/mol. The van der Waals surface area contributed by atoms with E-state index in [0.717, 1.165) is 114 Å². The molecule has 0 heterocycles. The van der Waals surface area contributed by atoms with Crippen LogP contribution in [0.3, 0.4) is 0 Å². The molecule has 0 rings (SSSR count). The van der Waals surface area contributed by atoms with E-state index in [0.29, 0.717) is 25.7 Å². The summed E-state index contributed by atoms with van der Waals surface area (Å²) in [6, 6.07) is 0. The van der Waals surface area contributed by atoms with Crippen molar-refractivity contribution in [2.24, 2.45) is 17.8 Å². The van der Waals surface area contributed by atoms with Crippen LogP contribution in [0.1, 0.15) is 414 Å². The van der Waals surface area contributed by atoms with Crippen molar-refractivity contribution in [3.63, 3.8) is 0 Å². The van der Waals surface area contributed by atoms with Crippen LogP contribution in [0.2, 0.25) is 0 Å². The summed E-state index contributed by atoms with van der Waals surface area (Å²) >= 11 is 0. The highest BCUT2D eigenvalue weighted by atomic mass is 31.2. The second kappa shape index (κ2) is 70.4. The van der Waals surface area contributed by atoms with E-state index in [1.807, 2.05) is 0 Å². The molecule has 0 aliphatic heterocycles. The van der Waals surface area contributed by atoms with Crippen molar-refractivity contribution in [3.05, 3.63) is 0 Å². The number of carbonyl (C=O) groups excluding carboxylic acids is 4. The minimum absolute atomic E-state index is 0.105. The molecule has 0 aliphatic carbocycles. The Morgan fingerprint density at radius 3 is 0.768 bits per heavy atom. The molecule has 4 unspecified atom stereocenters. The molecule has 0 radical (unpaired) electrons. The minimum Gasteiger partial charge on any atom is -0.462 e. The molecule has 0 amide bonds. The number of ether oxygens (including phenoxy) is 4. The Hall–Kier alpha value is -1.94. The molecule has 0 aliphatic rings. The fourth-order valence-electron chi connectivity index (χ4n) is 12.2. The number of rotatable bonds is 78. The predicted molar refractivity (Wildman–Crippen MR) is 405 cm³/mol. The van der Waals surface area contributed by atoms with Crippen molar-refractivity contribution in [2.75, 3.05) is 39.6 Å². The lowest BCUT2D eigenvalue weighted by Gasteiger charge is -2.21. The minimum atomic E-state index is -4.96. The van der Waals surface area contributed by atoms with E-state index >= 15 is 0 Å². The molecule has 0 saturated carbocycles. The normalized spacial score (nSPS) is 14.5. The van der Waals surface area contributed by atoms with Crippen LogP contribution in [0.5, 0.6) is 0 Å². The lowest BCUT2D eigenvalue weighted by Crippen LogP contribution is -2.30. The van der Waals surface area contributed by atoms with Crippen molar-refractivity contribution < 1.29 is 80.2 Å². The number of hydrogen-bond donors (Lipinski definition) is 3. The summed E-state index contributed by atoms with van der Waals surface area (Å²) in [6.45, 7) is 11.9. The highest BCUT2D eigenvalue weighted by Crippen LogP contribution is 2.45. The van der Waals surface area contributed by atoms with Crippen molar-refractivity contribution in [3.8, 4) is 0 Å². The zero-order valence-electron chi connectivity index (χ0n) is 65.0. The Morgan fingerprint density at radius 2 is 0.515 bits per heavy atom. The summed E-state index contributed by atoms with van der Waals surface area (Å²) in [6.07, 6.45) is 58.2. The van der Waals surface area contributed by atoms with Gasteiger partial charge in [-0.25, -0.2) is 9.13 Å². The second-order valence-corrected chi connectivity index (χ2v) is 32.7. The number of aliphatic hydroxyl groups is 1. The van der Waals surface area contributed by atoms with E-state index < -0.39 is 97.5 Å². The second-order valence-electron chi connectivity index (χ2n) is 29.8. The molecule has 0 fully saturated rings. The zero-order chi connectivity index (χ0) is 73.0. The SMILES string of the molecule is CCCCCCCCCCCCCCCCCCCCCC(=O)O[C@H](COC(=O)CCCCCCCCCCCCCCCC(C)C)COP(=O)(O)OC[C@@H](O)COP(=O)(O)OC[C@@H](COC(=O)CCCCCCCCC(C)CC)OC(=O)CCCCCCCCCCCCC(C)CC. The van der Waals surface area contributed by atoms with Crippen LogP contribution in [-0.4, -0.2) is 96.7 Å². The molecule has 0 spiro atoms. The third kappa shape index (κ3) is 71.5. The molecule has 0 aromatic heterocycles. The number of hydrogen-bond acceptors (Lipinski definition) is 15. The van der Waals surface area contributed by atoms with E-state index in [-0.39, 0.29) is 25.7 Å². The van der Waals surface area contributed by atoms with Gasteiger partial charge < -0.3 is 33.8 Å². The van der Waals surface area contributed by atoms with Gasteiger partial charge in [0.15, 0.2) is 12.2 Å². The lowest BCUT2D eigenvalue weighted by molar-refractivity contribution is -0.161. The zero-order valence-corrected chi connectivity index (χ0v) is 66.8. The van der Waals surface area contributed by atoms with Crippen LogP contribution >= 0.6 is 15.6 Å². The maximum absolute atomic E-state index is 13.1. The first-order valence-electron chi connectivity index (χ1n) is 41.4. The van der Waals surface area contributed by atoms with Crippen LogP contribution in [0, 0.1) is 17.8 Å². The van der Waals surface area contributed by atoms with Gasteiger partial charge in [-0.1, -0.05) is 363 Å². The molecule has 3 N–H and O–H groups in total. The van der Waals surface area contributed by atoms with Gasteiger partial charge in [-0.2, -0.15) is 0 Å². The van der Waals surface area contributed by atoms with E-state index in [1.54, 1.807) is 0 Å². The first-order chi connectivity index (χ1) is 47.8. The van der Waals surface area contributed by atoms with Gasteiger partial charge in [0.1, 0.15) is 19.3 Å². The molecular formula is C80H156O17P2. The van der Waals surface area contributed by atoms with Gasteiger partial charge >= 0.3 is 39.5 Å². The monoisotopic (exact) mass is 1450 g/mol. The van der Waals surface area contributed by atoms with Gasteiger partial charge in [0.25, 0.3) is 0 Å². The van der Waals surface area contributed by atoms with Crippen molar-refractivity contribution in [1.82, 2.24) is 0 Å². The van der Waals surface area contributed by atoms with Crippen molar-refractivity contribution >= 4 is 39.5 Å². The van der Waals surface area contributed by atoms with Gasteiger partial charge in [-0.3, -0.25) is 37.3 Å². The summed E-state index contributed by atoms with van der Waals surface area (Å²) in [5.74, 6) is 0.211. The molecule has 0 saturated heterocycles. The number of carbonyl (C=O) groups is 4. The summed E-state index contributed by atoms with van der Waals surface area (Å²) in [4.78, 5) is 73.0. The quantitative estimate of drug-likeness (QED) is 0.0222. The van der Waals surface area contributed by atoms with Crippen LogP contribution in [-0.2, 0) is 65.4 Å². The predicted octanol–water partition coefficient (Wildman–Crippen LogP) is 23.7. The molecule has 7 atom stereocenters. The van der Waals surface area contributed by atoms with Crippen LogP contribution < -0.4 is 0 Å². The Labute approximate surface area is 607 Å². The van der Waals surface area contributed by atoms with Gasteiger partial charge in [0.05, 0.1) is 26.4 Å². The third-order valence-corrected chi connectivity index (χ3v) is 21.3. The van der Waals surface area contributed by atoms with Crippen LogP contribution in [0.4, 0.5) is 0 Å². The third-order valence-electron chi connectivity index (χ3n) is 19.4. The fraction of sp³-hybridized carbons (Fsp3) is 0.950. The molecular weight excluding hydrogens is 1290 g/mol. The smallest absolute Gasteiger partial charge is 0.462 e. The highest BCUT2D eigenvalue weighted by molar-refractivity contribution is 7.47. The van der Waals surface area contributed by atoms with E-state index in [9.17, 15) is 43.2 Å². The molecule has 17 nitrogen and oxygen atoms in total. The van der Waals surface area contributed by atoms with Crippen molar-refractivity contribution in [2.45, 2.75) is 433 Å². The van der Waals surface area contributed by atoms with Gasteiger partial charge in [-0.15, -0.1) is 0 Å². The van der Waals surface area contributed by atoms with E-state index in [2.05, 4.69) is 48.5 Å². The largest absolute Gasteiger partial charge is 0.472 e. The topological polar surface area (TPSA) is 237 Å². The molecule has 0 aromatic carbocycles. The number of esters is 4. The Bertz CT molecular complexity index is 1930. The Kier molecular flexibility index (Phi) is 69.0. The van der Waals surface area contributed by atoms with Crippen LogP contribution in [0.25, 0.3) is 0 Å². The maximum atomic E-state index is 13.1. The standard InChI is InChI=1S/C80H156O17P2/c1-8-11-12-13-14-15-16-17-18-19-20-21-22-25-29-35-40-49-56-63-79(84)96-75(67-90-77(82)61-54-47-39-34-28-26-23-24-27-32-37-44-51-58-71(4)5)69-94-98(86,87)92-65-74(81)66-93-99(88,89)95-70-76(68-91-78(83)62-55-48-43-42-46-53-60-73(7)10-3)97-80(85)64-57-50-41-36-31-30-33-38-45-52-59-72(6)9-2/h71-76,81H,8-70H2,1-7H3,(H,86,87)(H,88,89)/t72?,73?,74-,75-,76-/m1/s1.